The number of ether oxygens (including phenoxy) is 1. The second kappa shape index (κ2) is 7.64. The number of nitrogens with two attached hydrogens (primary N) is 1. The molecule has 9 nitrogen and oxygen atoms in total. The molecule has 0 bridgehead atoms. The third-order valence-corrected chi connectivity index (χ3v) is 7.19. The fraction of sp³-hybridized carbons (Fsp3) is 0.190. The summed E-state index contributed by atoms with van der Waals surface area (Å²) in [7, 11) is -3.68. The van der Waals surface area contributed by atoms with E-state index in [1.54, 1.807) is 30.6 Å². The van der Waals surface area contributed by atoms with Crippen LogP contribution < -0.4 is 10.5 Å². The highest BCUT2D eigenvalue weighted by atomic mass is 32.2. The molecule has 0 spiro atoms. The molecule has 2 aromatic carbocycles. The van der Waals surface area contributed by atoms with Crippen molar-refractivity contribution in [1.29, 1.82) is 0 Å². The molecule has 1 aliphatic rings. The predicted octanol–water partition coefficient (Wildman–Crippen LogP) is 2.84. The first-order chi connectivity index (χ1) is 15.0. The van der Waals surface area contributed by atoms with Crippen LogP contribution in [0.25, 0.3) is 11.2 Å². The molecular weight excluding hydrogens is 416 g/mol. The van der Waals surface area contributed by atoms with Crippen LogP contribution in [0.3, 0.4) is 0 Å². The van der Waals surface area contributed by atoms with Crippen LogP contribution in [0, 0.1) is 0 Å². The van der Waals surface area contributed by atoms with Gasteiger partial charge in [-0.2, -0.15) is 4.31 Å². The van der Waals surface area contributed by atoms with Crippen molar-refractivity contribution in [3.8, 4) is 11.5 Å². The number of nitrogens with zero attached hydrogens (tertiary/aromatic N) is 5. The molecule has 3 heterocycles. The number of aromatic nitrogens is 4. The maximum atomic E-state index is 13.3. The van der Waals surface area contributed by atoms with E-state index in [2.05, 4.69) is 15.0 Å². The number of anilines is 1. The van der Waals surface area contributed by atoms with E-state index >= 15 is 0 Å². The van der Waals surface area contributed by atoms with Gasteiger partial charge in [0.25, 0.3) is 0 Å². The fourth-order valence-electron chi connectivity index (χ4n) is 3.77. The third-order valence-electron chi connectivity index (χ3n) is 5.33. The van der Waals surface area contributed by atoms with E-state index in [1.165, 1.54) is 10.6 Å². The molecule has 10 heteroatoms. The summed E-state index contributed by atoms with van der Waals surface area (Å²) in [5.41, 5.74) is 6.99. The minimum atomic E-state index is -3.68. The van der Waals surface area contributed by atoms with Crippen LogP contribution in [0.2, 0.25) is 0 Å². The number of rotatable bonds is 5. The normalized spacial score (nSPS) is 17.2. The second-order valence-electron chi connectivity index (χ2n) is 7.28. The van der Waals surface area contributed by atoms with Gasteiger partial charge in [0.05, 0.1) is 17.3 Å². The molecule has 0 amide bonds. The lowest BCUT2D eigenvalue weighted by molar-refractivity contribution is 0.452. The summed E-state index contributed by atoms with van der Waals surface area (Å²) in [5.74, 6) is 1.42. The Kier molecular flexibility index (Phi) is 4.79. The van der Waals surface area contributed by atoms with Crippen molar-refractivity contribution < 1.29 is 13.2 Å². The van der Waals surface area contributed by atoms with E-state index in [0.29, 0.717) is 48.0 Å². The Morgan fingerprint density at radius 3 is 2.65 bits per heavy atom. The van der Waals surface area contributed by atoms with Crippen molar-refractivity contribution in [2.24, 2.45) is 0 Å². The number of imidazole rings is 1. The van der Waals surface area contributed by atoms with Crippen LogP contribution in [0.4, 0.5) is 5.82 Å². The lowest BCUT2D eigenvalue weighted by Gasteiger charge is -2.18. The van der Waals surface area contributed by atoms with Crippen LogP contribution in [0.1, 0.15) is 12.5 Å². The van der Waals surface area contributed by atoms with Gasteiger partial charge in [0.2, 0.25) is 10.0 Å². The van der Waals surface area contributed by atoms with Crippen LogP contribution >= 0.6 is 0 Å². The zero-order valence-corrected chi connectivity index (χ0v) is 17.3. The second-order valence-corrected chi connectivity index (χ2v) is 9.22. The average molecular weight is 436 g/mol. The molecule has 2 N–H and O–H groups in total. The maximum Gasteiger partial charge on any atom is 0.243 e. The molecule has 4 aromatic rings. The molecule has 1 aliphatic heterocycles. The van der Waals surface area contributed by atoms with E-state index in [9.17, 15) is 8.42 Å². The topological polar surface area (TPSA) is 116 Å². The van der Waals surface area contributed by atoms with Crippen molar-refractivity contribution in [2.75, 3.05) is 18.8 Å². The van der Waals surface area contributed by atoms with Crippen LogP contribution in [0.15, 0.2) is 72.1 Å². The fourth-order valence-corrected chi connectivity index (χ4v) is 5.29. The van der Waals surface area contributed by atoms with Crippen molar-refractivity contribution >= 4 is 27.0 Å². The number of nitrogen functional groups attached to an aromatic ring is 1. The summed E-state index contributed by atoms with van der Waals surface area (Å²) in [6, 6.07) is 15.7. The van der Waals surface area contributed by atoms with E-state index in [0.717, 1.165) is 0 Å². The third kappa shape index (κ3) is 3.60. The Balaban J connectivity index is 1.38. The summed E-state index contributed by atoms with van der Waals surface area (Å²) in [6.07, 6.45) is 3.68. The Morgan fingerprint density at radius 1 is 1.00 bits per heavy atom. The molecule has 0 aliphatic carbocycles. The van der Waals surface area contributed by atoms with Gasteiger partial charge in [-0.1, -0.05) is 24.3 Å². The molecule has 1 saturated heterocycles. The lowest BCUT2D eigenvalue weighted by atomic mass is 10.2. The quantitative estimate of drug-likeness (QED) is 0.511. The van der Waals surface area contributed by atoms with Gasteiger partial charge in [-0.3, -0.25) is 0 Å². The highest BCUT2D eigenvalue weighted by Gasteiger charge is 2.34. The van der Waals surface area contributed by atoms with Gasteiger partial charge < -0.3 is 15.0 Å². The average Bonchev–Trinajstić information content (AvgIpc) is 3.43. The molecule has 0 radical (unpaired) electrons. The highest BCUT2D eigenvalue weighted by molar-refractivity contribution is 7.89. The molecule has 5 rings (SSSR count). The SMILES string of the molecule is Nc1ncnc2c1ncn2C1CCN(S(=O)(=O)c2cccc(Oc3ccccc3)c2)C1. The van der Waals surface area contributed by atoms with E-state index in [4.69, 9.17) is 10.5 Å². The van der Waals surface area contributed by atoms with E-state index < -0.39 is 10.0 Å². The largest absolute Gasteiger partial charge is 0.457 e. The summed E-state index contributed by atoms with van der Waals surface area (Å²) in [6.45, 7) is 0.721. The summed E-state index contributed by atoms with van der Waals surface area (Å²) >= 11 is 0. The van der Waals surface area contributed by atoms with Gasteiger partial charge in [-0.15, -0.1) is 0 Å². The molecule has 1 atom stereocenters. The Labute approximate surface area is 179 Å². The van der Waals surface area contributed by atoms with Crippen LogP contribution in [-0.2, 0) is 10.0 Å². The molecule has 0 saturated carbocycles. The molecule has 1 unspecified atom stereocenters. The molecule has 2 aromatic heterocycles. The number of hydrogen-bond donors (Lipinski definition) is 1. The molecule has 158 valence electrons. The summed E-state index contributed by atoms with van der Waals surface area (Å²) in [5, 5.41) is 0. The first-order valence-electron chi connectivity index (χ1n) is 9.78. The Hall–Kier alpha value is -3.50. The molecule has 31 heavy (non-hydrogen) atoms. The minimum Gasteiger partial charge on any atom is -0.457 e. The van der Waals surface area contributed by atoms with E-state index in [-0.39, 0.29) is 10.9 Å². The zero-order valence-electron chi connectivity index (χ0n) is 16.5. The number of fused-ring (bicyclic) bond motifs is 1. The van der Waals surface area contributed by atoms with Gasteiger partial charge in [0.15, 0.2) is 11.5 Å². The number of hydrogen-bond acceptors (Lipinski definition) is 7. The van der Waals surface area contributed by atoms with Crippen molar-refractivity contribution in [3.63, 3.8) is 0 Å². The monoisotopic (exact) mass is 436 g/mol. The van der Waals surface area contributed by atoms with Gasteiger partial charge in [0.1, 0.15) is 23.3 Å². The smallest absolute Gasteiger partial charge is 0.243 e. The predicted molar refractivity (Wildman–Crippen MR) is 115 cm³/mol. The first-order valence-corrected chi connectivity index (χ1v) is 11.2. The molecular formula is C21H20N6O3S. The lowest BCUT2D eigenvalue weighted by Crippen LogP contribution is -2.29. The first kappa shape index (κ1) is 19.5. The Morgan fingerprint density at radius 2 is 1.81 bits per heavy atom. The summed E-state index contributed by atoms with van der Waals surface area (Å²) < 4.78 is 35.7. The van der Waals surface area contributed by atoms with Crippen molar-refractivity contribution in [2.45, 2.75) is 17.4 Å². The van der Waals surface area contributed by atoms with Gasteiger partial charge >= 0.3 is 0 Å². The summed E-state index contributed by atoms with van der Waals surface area (Å²) in [4.78, 5) is 12.7. The van der Waals surface area contributed by atoms with Crippen LogP contribution in [0.5, 0.6) is 11.5 Å². The number of sulfonamides is 1. The maximum absolute atomic E-state index is 13.3. The van der Waals surface area contributed by atoms with Gasteiger partial charge in [0, 0.05) is 19.2 Å². The highest BCUT2D eigenvalue weighted by Crippen LogP contribution is 2.31. The standard InChI is InChI=1S/C21H20N6O3S/c22-20-19-21(24-13-23-20)27(14-25-19)15-9-10-26(12-15)31(28,29)18-8-4-7-17(11-18)30-16-5-2-1-3-6-16/h1-8,11,13-15H,9-10,12H2,(H2,22,23,24). The van der Waals surface area contributed by atoms with Crippen molar-refractivity contribution in [1.82, 2.24) is 23.8 Å². The minimum absolute atomic E-state index is 0.0853. The van der Waals surface area contributed by atoms with Gasteiger partial charge in [-0.25, -0.2) is 23.4 Å². The Bertz CT molecular complexity index is 1340. The van der Waals surface area contributed by atoms with Crippen LogP contribution in [-0.4, -0.2) is 45.3 Å². The van der Waals surface area contributed by atoms with Gasteiger partial charge in [-0.05, 0) is 30.7 Å². The van der Waals surface area contributed by atoms with E-state index in [1.807, 2.05) is 34.9 Å². The van der Waals surface area contributed by atoms with Crippen molar-refractivity contribution in [3.05, 3.63) is 67.3 Å². The zero-order chi connectivity index (χ0) is 21.4. The number of benzene rings is 2. The number of para-hydroxylation sites is 1. The molecule has 1 fully saturated rings.